The Balaban J connectivity index is 0.00000106. The Morgan fingerprint density at radius 2 is 1.10 bits per heavy atom. The summed E-state index contributed by atoms with van der Waals surface area (Å²) in [6.45, 7) is 13.6. The van der Waals surface area contributed by atoms with Gasteiger partial charge in [0.1, 0.15) is 11.5 Å². The van der Waals surface area contributed by atoms with Gasteiger partial charge in [-0.05, 0) is 36.1 Å². The number of benzene rings is 2. The van der Waals surface area contributed by atoms with Crippen LogP contribution in [0.4, 0.5) is 0 Å². The van der Waals surface area contributed by atoms with Gasteiger partial charge in [0.25, 0.3) is 0 Å². The quantitative estimate of drug-likeness (QED) is 0.612. The lowest BCUT2D eigenvalue weighted by molar-refractivity contribution is 0.473. The van der Waals surface area contributed by atoms with Gasteiger partial charge in [-0.3, -0.25) is 0 Å². The van der Waals surface area contributed by atoms with E-state index in [2.05, 4.69) is 38.4 Å². The zero-order valence-electron chi connectivity index (χ0n) is 12.4. The molecule has 0 aliphatic rings. The fourth-order valence-corrected chi connectivity index (χ4v) is 1.97. The van der Waals surface area contributed by atoms with E-state index in [1.165, 1.54) is 0 Å². The van der Waals surface area contributed by atoms with Gasteiger partial charge in [0.05, 0.1) is 0 Å². The van der Waals surface area contributed by atoms with Crippen LogP contribution in [0.3, 0.4) is 0 Å². The van der Waals surface area contributed by atoms with Crippen molar-refractivity contribution < 1.29 is 4.74 Å². The molecule has 2 aromatic rings. The van der Waals surface area contributed by atoms with Crippen LogP contribution in [0.25, 0.3) is 0 Å². The monoisotopic (exact) mass is 278 g/mol. The molecule has 0 saturated carbocycles. The van der Waals surface area contributed by atoms with Crippen LogP contribution in [-0.2, 0) is 12.8 Å². The van der Waals surface area contributed by atoms with Crippen LogP contribution >= 0.6 is 0 Å². The van der Waals surface area contributed by atoms with E-state index in [1.54, 1.807) is 0 Å². The smallest absolute Gasteiger partial charge is 0.130 e. The number of rotatable bonds is 6. The molecular weight excluding hydrogens is 256 g/mol. The van der Waals surface area contributed by atoms with Gasteiger partial charge in [0.2, 0.25) is 0 Å². The van der Waals surface area contributed by atoms with E-state index in [9.17, 15) is 0 Å². The summed E-state index contributed by atoms with van der Waals surface area (Å²) in [4.78, 5) is 0. The van der Waals surface area contributed by atoms with Crippen molar-refractivity contribution in [1.82, 2.24) is 0 Å². The molecule has 0 heterocycles. The van der Waals surface area contributed by atoms with Crippen LogP contribution in [-0.4, -0.2) is 0 Å². The first kappa shape index (κ1) is 16.5. The SMILES string of the molecule is C=C.C=CCc1ccccc1Oc1ccccc1CC=C. The molecule has 1 nitrogen and oxygen atoms in total. The summed E-state index contributed by atoms with van der Waals surface area (Å²) in [5.74, 6) is 1.78. The predicted molar refractivity (Wildman–Crippen MR) is 92.0 cm³/mol. The normalized spacial score (nSPS) is 9.14. The molecular formula is C20H22O. The van der Waals surface area contributed by atoms with Gasteiger partial charge in [-0.15, -0.1) is 26.3 Å². The van der Waals surface area contributed by atoms with Crippen molar-refractivity contribution in [1.29, 1.82) is 0 Å². The number of ether oxygens (including phenoxy) is 1. The van der Waals surface area contributed by atoms with Crippen LogP contribution in [0.2, 0.25) is 0 Å². The molecule has 0 unspecified atom stereocenters. The van der Waals surface area contributed by atoms with Crippen molar-refractivity contribution in [3.63, 3.8) is 0 Å². The minimum absolute atomic E-state index is 0.805. The molecule has 1 heteroatoms. The van der Waals surface area contributed by atoms with Crippen molar-refractivity contribution >= 4 is 0 Å². The topological polar surface area (TPSA) is 9.23 Å². The van der Waals surface area contributed by atoms with Crippen LogP contribution in [0.1, 0.15) is 11.1 Å². The van der Waals surface area contributed by atoms with Gasteiger partial charge in [-0.2, -0.15) is 0 Å². The lowest BCUT2D eigenvalue weighted by Crippen LogP contribution is -1.93. The van der Waals surface area contributed by atoms with Crippen molar-refractivity contribution in [2.45, 2.75) is 12.8 Å². The second-order valence-corrected chi connectivity index (χ2v) is 4.30. The summed E-state index contributed by atoms with van der Waals surface area (Å²) >= 11 is 0. The molecule has 108 valence electrons. The average Bonchev–Trinajstić information content (AvgIpc) is 2.54. The second kappa shape index (κ2) is 9.38. The fraction of sp³-hybridized carbons (Fsp3) is 0.100. The highest BCUT2D eigenvalue weighted by Gasteiger charge is 2.06. The maximum Gasteiger partial charge on any atom is 0.130 e. The lowest BCUT2D eigenvalue weighted by atomic mass is 10.1. The molecule has 0 aromatic heterocycles. The third kappa shape index (κ3) is 4.81. The van der Waals surface area contributed by atoms with Crippen molar-refractivity contribution in [2.75, 3.05) is 0 Å². The lowest BCUT2D eigenvalue weighted by Gasteiger charge is -2.12. The number of hydrogen-bond donors (Lipinski definition) is 0. The van der Waals surface area contributed by atoms with E-state index < -0.39 is 0 Å². The van der Waals surface area contributed by atoms with Crippen molar-refractivity contribution in [3.8, 4) is 11.5 Å². The third-order valence-corrected chi connectivity index (χ3v) is 2.89. The Labute approximate surface area is 127 Å². The van der Waals surface area contributed by atoms with E-state index >= 15 is 0 Å². The minimum atomic E-state index is 0.805. The van der Waals surface area contributed by atoms with Gasteiger partial charge in [-0.1, -0.05) is 48.6 Å². The van der Waals surface area contributed by atoms with Gasteiger partial charge in [-0.25, -0.2) is 0 Å². The summed E-state index contributed by atoms with van der Waals surface area (Å²) in [6.07, 6.45) is 5.38. The van der Waals surface area contributed by atoms with E-state index in [0.29, 0.717) is 0 Å². The Morgan fingerprint density at radius 3 is 1.48 bits per heavy atom. The number of hydrogen-bond acceptors (Lipinski definition) is 1. The molecule has 0 atom stereocenters. The van der Waals surface area contributed by atoms with Crippen LogP contribution < -0.4 is 4.74 Å². The van der Waals surface area contributed by atoms with Crippen molar-refractivity contribution in [3.05, 3.63) is 98.1 Å². The largest absolute Gasteiger partial charge is 0.457 e. The molecule has 0 N–H and O–H groups in total. The highest BCUT2D eigenvalue weighted by Crippen LogP contribution is 2.28. The molecule has 21 heavy (non-hydrogen) atoms. The minimum Gasteiger partial charge on any atom is -0.457 e. The summed E-state index contributed by atoms with van der Waals surface area (Å²) < 4.78 is 6.05. The molecule has 0 bridgehead atoms. The highest BCUT2D eigenvalue weighted by atomic mass is 16.5. The first-order valence-corrected chi connectivity index (χ1v) is 6.90. The molecule has 2 rings (SSSR count). The van der Waals surface area contributed by atoms with Gasteiger partial charge in [0, 0.05) is 0 Å². The summed E-state index contributed by atoms with van der Waals surface area (Å²) in [6, 6.07) is 16.1. The first-order valence-electron chi connectivity index (χ1n) is 6.90. The van der Waals surface area contributed by atoms with Gasteiger partial charge >= 0.3 is 0 Å². The zero-order chi connectivity index (χ0) is 15.5. The summed E-state index contributed by atoms with van der Waals surface area (Å²) in [7, 11) is 0. The van der Waals surface area contributed by atoms with Crippen LogP contribution in [0.5, 0.6) is 11.5 Å². The molecule has 2 aromatic carbocycles. The van der Waals surface area contributed by atoms with E-state index in [-0.39, 0.29) is 0 Å². The molecule has 0 radical (unpaired) electrons. The van der Waals surface area contributed by atoms with Crippen LogP contribution in [0, 0.1) is 0 Å². The van der Waals surface area contributed by atoms with Crippen molar-refractivity contribution in [2.24, 2.45) is 0 Å². The standard InChI is InChI=1S/C18H18O.C2H4/c1-3-9-15-11-5-7-13-17(15)19-18-14-8-6-12-16(18)10-4-2;1-2/h3-8,11-14H,1-2,9-10H2;1-2H2. The van der Waals surface area contributed by atoms with Gasteiger partial charge in [0.15, 0.2) is 0 Å². The van der Waals surface area contributed by atoms with E-state index in [0.717, 1.165) is 35.5 Å². The molecule has 0 spiro atoms. The second-order valence-electron chi connectivity index (χ2n) is 4.30. The maximum atomic E-state index is 6.05. The van der Waals surface area contributed by atoms with Crippen LogP contribution in [0.15, 0.2) is 87.0 Å². The first-order chi connectivity index (χ1) is 10.3. The molecule has 0 amide bonds. The fourth-order valence-electron chi connectivity index (χ4n) is 1.97. The molecule has 0 aliphatic carbocycles. The molecule has 0 fully saturated rings. The molecule has 0 saturated heterocycles. The van der Waals surface area contributed by atoms with E-state index in [4.69, 9.17) is 4.74 Å². The molecule has 0 aliphatic heterocycles. The highest BCUT2D eigenvalue weighted by molar-refractivity contribution is 5.42. The Bertz CT molecular complexity index is 532. The number of para-hydroxylation sites is 2. The maximum absolute atomic E-state index is 6.05. The van der Waals surface area contributed by atoms with Gasteiger partial charge < -0.3 is 4.74 Å². The average molecular weight is 278 g/mol. The third-order valence-electron chi connectivity index (χ3n) is 2.89. The number of allylic oxidation sites excluding steroid dienone is 2. The Hall–Kier alpha value is -2.54. The summed E-state index contributed by atoms with van der Waals surface area (Å²) in [5, 5.41) is 0. The summed E-state index contributed by atoms with van der Waals surface area (Å²) in [5.41, 5.74) is 2.29. The Morgan fingerprint density at radius 1 is 0.714 bits per heavy atom. The van der Waals surface area contributed by atoms with E-state index in [1.807, 2.05) is 48.6 Å². The zero-order valence-corrected chi connectivity index (χ0v) is 12.4. The Kier molecular flexibility index (Phi) is 7.37. The predicted octanol–water partition coefficient (Wildman–Crippen LogP) is 5.74.